The molecule has 42 heavy (non-hydrogen) atoms. The number of nitrogens with zero attached hydrogens (tertiary/aromatic N) is 4. The van der Waals surface area contributed by atoms with E-state index in [-0.39, 0.29) is 5.41 Å². The van der Waals surface area contributed by atoms with Gasteiger partial charge in [-0.25, -0.2) is 0 Å². The molecule has 0 amide bonds. The number of hydrogen-bond donors (Lipinski definition) is 0. The molecule has 0 aliphatic heterocycles. The maximum absolute atomic E-state index is 4.87. The Hall–Kier alpha value is -5.22. The van der Waals surface area contributed by atoms with Crippen LogP contribution in [0.2, 0.25) is 0 Å². The summed E-state index contributed by atoms with van der Waals surface area (Å²) in [7, 11) is 0. The van der Waals surface area contributed by atoms with Gasteiger partial charge in [-0.2, -0.15) is 0 Å². The average Bonchev–Trinajstić information content (AvgIpc) is 3.04. The van der Waals surface area contributed by atoms with Gasteiger partial charge in [0.2, 0.25) is 0 Å². The highest BCUT2D eigenvalue weighted by Gasteiger charge is 2.20. The third kappa shape index (κ3) is 4.61. The molecule has 7 rings (SSSR count). The molecule has 4 nitrogen and oxygen atoms in total. The Morgan fingerprint density at radius 2 is 0.976 bits per heavy atom. The lowest BCUT2D eigenvalue weighted by molar-refractivity contribution is 0.591. The van der Waals surface area contributed by atoms with Gasteiger partial charge < -0.3 is 0 Å². The van der Waals surface area contributed by atoms with Crippen molar-refractivity contribution in [1.29, 1.82) is 0 Å². The lowest BCUT2D eigenvalue weighted by atomic mass is 9.81. The second kappa shape index (κ2) is 10.3. The Morgan fingerprint density at radius 1 is 0.452 bits per heavy atom. The van der Waals surface area contributed by atoms with E-state index in [0.717, 1.165) is 33.6 Å². The molecule has 0 atom stereocenters. The van der Waals surface area contributed by atoms with Crippen LogP contribution >= 0.6 is 0 Å². The topological polar surface area (TPSA) is 51.6 Å². The van der Waals surface area contributed by atoms with Crippen LogP contribution in [0.4, 0.5) is 0 Å². The lowest BCUT2D eigenvalue weighted by Gasteiger charge is -2.23. The van der Waals surface area contributed by atoms with Crippen LogP contribution in [0.1, 0.15) is 26.3 Å². The molecule has 4 aromatic heterocycles. The fraction of sp³-hybridized carbons (Fsp3) is 0.105. The highest BCUT2D eigenvalue weighted by molar-refractivity contribution is 6.21. The van der Waals surface area contributed by atoms with E-state index in [2.05, 4.69) is 97.5 Å². The zero-order valence-electron chi connectivity index (χ0n) is 23.9. The molecule has 7 aromatic rings. The highest BCUT2D eigenvalue weighted by Crippen LogP contribution is 2.44. The molecule has 0 radical (unpaired) electrons. The molecule has 0 fully saturated rings. The number of pyridine rings is 4. The molecule has 0 aliphatic carbocycles. The van der Waals surface area contributed by atoms with E-state index < -0.39 is 0 Å². The van der Waals surface area contributed by atoms with Crippen LogP contribution < -0.4 is 0 Å². The van der Waals surface area contributed by atoms with Crippen LogP contribution in [0, 0.1) is 0 Å². The number of fused-ring (bicyclic) bond motifs is 2. The van der Waals surface area contributed by atoms with Crippen molar-refractivity contribution in [2.45, 2.75) is 26.2 Å². The van der Waals surface area contributed by atoms with Gasteiger partial charge in [0.15, 0.2) is 0 Å². The summed E-state index contributed by atoms with van der Waals surface area (Å²) in [6.45, 7) is 6.80. The Morgan fingerprint density at radius 3 is 1.43 bits per heavy atom. The van der Waals surface area contributed by atoms with E-state index in [0.29, 0.717) is 0 Å². The first-order valence-corrected chi connectivity index (χ1v) is 14.2. The van der Waals surface area contributed by atoms with Gasteiger partial charge in [0.25, 0.3) is 0 Å². The molecule has 4 heterocycles. The van der Waals surface area contributed by atoms with E-state index in [1.54, 1.807) is 12.4 Å². The van der Waals surface area contributed by atoms with Crippen molar-refractivity contribution < 1.29 is 0 Å². The van der Waals surface area contributed by atoms with Crippen molar-refractivity contribution in [1.82, 2.24) is 19.9 Å². The Balaban J connectivity index is 1.48. The van der Waals surface area contributed by atoms with E-state index >= 15 is 0 Å². The molecule has 4 heteroatoms. The second-order valence-electron chi connectivity index (χ2n) is 11.7. The molecule has 0 N–H and O–H groups in total. The predicted octanol–water partition coefficient (Wildman–Crippen LogP) is 9.54. The van der Waals surface area contributed by atoms with Crippen LogP contribution in [-0.4, -0.2) is 19.9 Å². The summed E-state index contributed by atoms with van der Waals surface area (Å²) in [4.78, 5) is 18.3. The van der Waals surface area contributed by atoms with Gasteiger partial charge >= 0.3 is 0 Å². The Kier molecular flexibility index (Phi) is 6.32. The first-order valence-electron chi connectivity index (χ1n) is 14.2. The van der Waals surface area contributed by atoms with Crippen molar-refractivity contribution in [2.24, 2.45) is 0 Å². The summed E-state index contributed by atoms with van der Waals surface area (Å²) in [5.74, 6) is 0. The van der Waals surface area contributed by atoms with Crippen LogP contribution in [-0.2, 0) is 5.41 Å². The normalized spacial score (nSPS) is 11.7. The molecule has 202 valence electrons. The second-order valence-corrected chi connectivity index (χ2v) is 11.7. The molecule has 0 aliphatic rings. The summed E-state index contributed by atoms with van der Waals surface area (Å²) in [6.07, 6.45) is 11.3. The molecule has 0 saturated carbocycles. The van der Waals surface area contributed by atoms with E-state index in [4.69, 9.17) is 9.97 Å². The summed E-state index contributed by atoms with van der Waals surface area (Å²) in [5.41, 5.74) is 9.69. The standard InChI is InChI=1S/C38H30N4/c1-38(2,3)29-14-15-32-33(20-29)37(28-13-17-35(42-24-28)26-9-7-19-40-22-26)31-11-5-4-10-30(31)36(32)27-12-16-34(41-23-27)25-8-6-18-39-21-25/h4-24H,1-3H3. The maximum atomic E-state index is 4.87. The first kappa shape index (κ1) is 25.7. The maximum Gasteiger partial charge on any atom is 0.0717 e. The summed E-state index contributed by atoms with van der Waals surface area (Å²) >= 11 is 0. The van der Waals surface area contributed by atoms with Gasteiger partial charge in [-0.05, 0) is 86.1 Å². The van der Waals surface area contributed by atoms with Crippen molar-refractivity contribution in [3.63, 3.8) is 0 Å². The van der Waals surface area contributed by atoms with Crippen molar-refractivity contribution >= 4 is 21.5 Å². The number of benzene rings is 3. The largest absolute Gasteiger partial charge is 0.264 e. The third-order valence-electron chi connectivity index (χ3n) is 7.91. The quantitative estimate of drug-likeness (QED) is 0.208. The van der Waals surface area contributed by atoms with Crippen molar-refractivity contribution in [3.8, 4) is 44.8 Å². The van der Waals surface area contributed by atoms with Gasteiger partial charge in [0, 0.05) is 59.4 Å². The predicted molar refractivity (Wildman–Crippen MR) is 173 cm³/mol. The van der Waals surface area contributed by atoms with Crippen LogP contribution in [0.5, 0.6) is 0 Å². The number of rotatable bonds is 4. The number of aromatic nitrogens is 4. The minimum Gasteiger partial charge on any atom is -0.264 e. The van der Waals surface area contributed by atoms with Crippen LogP contribution in [0.15, 0.2) is 128 Å². The highest BCUT2D eigenvalue weighted by atomic mass is 14.7. The molecule has 0 bridgehead atoms. The van der Waals surface area contributed by atoms with Crippen molar-refractivity contribution in [3.05, 3.63) is 134 Å². The van der Waals surface area contributed by atoms with Crippen LogP contribution in [0.25, 0.3) is 66.3 Å². The van der Waals surface area contributed by atoms with E-state index in [1.807, 2.05) is 49.1 Å². The van der Waals surface area contributed by atoms with Crippen molar-refractivity contribution in [2.75, 3.05) is 0 Å². The molecule has 0 spiro atoms. The van der Waals surface area contributed by atoms with Gasteiger partial charge in [0.1, 0.15) is 0 Å². The summed E-state index contributed by atoms with van der Waals surface area (Å²) < 4.78 is 0. The fourth-order valence-corrected chi connectivity index (χ4v) is 5.72. The third-order valence-corrected chi connectivity index (χ3v) is 7.91. The van der Waals surface area contributed by atoms with Crippen LogP contribution in [0.3, 0.4) is 0 Å². The molecule has 0 unspecified atom stereocenters. The monoisotopic (exact) mass is 542 g/mol. The summed E-state index contributed by atoms with van der Waals surface area (Å²) in [6, 6.07) is 32.1. The molecule has 0 saturated heterocycles. The Bertz CT molecular complexity index is 2030. The SMILES string of the molecule is CC(C)(C)c1ccc2c(-c3ccc(-c4cccnc4)nc3)c3ccccc3c(-c3ccc(-c4cccnc4)nc3)c2c1. The molecular formula is C38H30N4. The van der Waals surface area contributed by atoms with Gasteiger partial charge in [-0.3, -0.25) is 19.9 Å². The van der Waals surface area contributed by atoms with Gasteiger partial charge in [-0.1, -0.05) is 69.3 Å². The lowest BCUT2D eigenvalue weighted by Crippen LogP contribution is -2.10. The Labute approximate surface area is 245 Å². The number of hydrogen-bond acceptors (Lipinski definition) is 4. The molecular weight excluding hydrogens is 512 g/mol. The average molecular weight is 543 g/mol. The minimum atomic E-state index is 0.00656. The van der Waals surface area contributed by atoms with E-state index in [9.17, 15) is 0 Å². The first-order chi connectivity index (χ1) is 20.5. The van der Waals surface area contributed by atoms with Gasteiger partial charge in [0.05, 0.1) is 11.4 Å². The smallest absolute Gasteiger partial charge is 0.0717 e. The zero-order valence-corrected chi connectivity index (χ0v) is 23.9. The molecule has 3 aromatic carbocycles. The fourth-order valence-electron chi connectivity index (χ4n) is 5.72. The zero-order chi connectivity index (χ0) is 28.7. The summed E-state index contributed by atoms with van der Waals surface area (Å²) in [5, 5.41) is 4.79. The van der Waals surface area contributed by atoms with Gasteiger partial charge in [-0.15, -0.1) is 0 Å². The van der Waals surface area contributed by atoms with E-state index in [1.165, 1.54) is 38.2 Å². The minimum absolute atomic E-state index is 0.00656.